The minimum Gasteiger partial charge on any atom is -0.496 e. The average molecular weight is 265 g/mol. The molecule has 6 heteroatoms. The summed E-state index contributed by atoms with van der Waals surface area (Å²) in [6.45, 7) is 3.61. The molecule has 1 aromatic carbocycles. The smallest absolute Gasteiger partial charge is 0.255 e. The summed E-state index contributed by atoms with van der Waals surface area (Å²) in [5.41, 5.74) is 6.39. The van der Waals surface area contributed by atoms with Gasteiger partial charge in [-0.25, -0.2) is 0 Å². The molecule has 2 amide bonds. The van der Waals surface area contributed by atoms with Crippen LogP contribution in [0.1, 0.15) is 24.2 Å². The number of methoxy groups -OCH3 is 1. The Morgan fingerprint density at radius 2 is 2.05 bits per heavy atom. The first kappa shape index (κ1) is 14.8. The Labute approximate surface area is 112 Å². The number of anilines is 1. The lowest BCUT2D eigenvalue weighted by molar-refractivity contribution is -0.120. The van der Waals surface area contributed by atoms with Gasteiger partial charge in [0.15, 0.2) is 0 Å². The number of benzene rings is 1. The summed E-state index contributed by atoms with van der Waals surface area (Å²) >= 11 is 0. The molecule has 0 heterocycles. The monoisotopic (exact) mass is 265 g/mol. The molecule has 0 unspecified atom stereocenters. The minimum atomic E-state index is -0.400. The predicted molar refractivity (Wildman–Crippen MR) is 73.0 cm³/mol. The van der Waals surface area contributed by atoms with Crippen LogP contribution in [0.15, 0.2) is 18.2 Å². The van der Waals surface area contributed by atoms with Gasteiger partial charge in [0.25, 0.3) is 5.91 Å². The molecule has 1 rings (SSSR count). The number of ether oxygens (including phenoxy) is 1. The summed E-state index contributed by atoms with van der Waals surface area (Å²) in [6.07, 6.45) is 0. The number of carbonyl (C=O) groups excluding carboxylic acids is 2. The van der Waals surface area contributed by atoms with Gasteiger partial charge in [-0.2, -0.15) is 0 Å². The molecule has 1 aromatic rings. The zero-order valence-electron chi connectivity index (χ0n) is 11.3. The highest BCUT2D eigenvalue weighted by molar-refractivity contribution is 5.99. The highest BCUT2D eigenvalue weighted by atomic mass is 16.5. The van der Waals surface area contributed by atoms with Crippen LogP contribution in [0.5, 0.6) is 5.75 Å². The van der Waals surface area contributed by atoms with Crippen molar-refractivity contribution < 1.29 is 14.3 Å². The summed E-state index contributed by atoms with van der Waals surface area (Å²) < 4.78 is 5.08. The maximum atomic E-state index is 11.9. The molecule has 0 radical (unpaired) electrons. The summed E-state index contributed by atoms with van der Waals surface area (Å²) in [7, 11) is 1.47. The van der Waals surface area contributed by atoms with Crippen molar-refractivity contribution in [2.45, 2.75) is 19.9 Å². The summed E-state index contributed by atoms with van der Waals surface area (Å²) in [5.74, 6) is -0.231. The lowest BCUT2D eigenvalue weighted by Crippen LogP contribution is -2.39. The third-order valence-corrected chi connectivity index (χ3v) is 2.33. The van der Waals surface area contributed by atoms with Crippen LogP contribution in [0.25, 0.3) is 0 Å². The molecule has 0 saturated heterocycles. The standard InChI is InChI=1S/C13H19N3O3/c1-8(2)16-12(17)7-15-13(18)10-6-9(14)4-5-11(10)19-3/h4-6,8H,7,14H2,1-3H3,(H,15,18)(H,16,17). The van der Waals surface area contributed by atoms with Gasteiger partial charge in [-0.1, -0.05) is 0 Å². The van der Waals surface area contributed by atoms with Crippen LogP contribution in [-0.4, -0.2) is 31.5 Å². The topological polar surface area (TPSA) is 93.4 Å². The van der Waals surface area contributed by atoms with Crippen molar-refractivity contribution in [3.8, 4) is 5.75 Å². The van der Waals surface area contributed by atoms with Crippen molar-refractivity contribution in [1.29, 1.82) is 0 Å². The second kappa shape index (κ2) is 6.63. The van der Waals surface area contributed by atoms with Crippen LogP contribution >= 0.6 is 0 Å². The van der Waals surface area contributed by atoms with Crippen LogP contribution in [-0.2, 0) is 4.79 Å². The van der Waals surface area contributed by atoms with E-state index >= 15 is 0 Å². The Morgan fingerprint density at radius 3 is 2.63 bits per heavy atom. The molecule has 0 atom stereocenters. The summed E-state index contributed by atoms with van der Waals surface area (Å²) in [5, 5.41) is 5.20. The molecule has 0 bridgehead atoms. The van der Waals surface area contributed by atoms with Crippen molar-refractivity contribution in [2.24, 2.45) is 0 Å². The zero-order chi connectivity index (χ0) is 14.4. The van der Waals surface area contributed by atoms with E-state index in [-0.39, 0.29) is 18.5 Å². The third kappa shape index (κ3) is 4.50. The molecule has 0 aliphatic rings. The molecule has 0 spiro atoms. The third-order valence-electron chi connectivity index (χ3n) is 2.33. The molecule has 0 aliphatic heterocycles. The van der Waals surface area contributed by atoms with Gasteiger partial charge in [-0.3, -0.25) is 9.59 Å². The molecular formula is C13H19N3O3. The Hall–Kier alpha value is -2.24. The van der Waals surface area contributed by atoms with E-state index in [1.165, 1.54) is 13.2 Å². The van der Waals surface area contributed by atoms with Gasteiger partial charge >= 0.3 is 0 Å². The SMILES string of the molecule is COc1ccc(N)cc1C(=O)NCC(=O)NC(C)C. The molecule has 0 aromatic heterocycles. The second-order valence-electron chi connectivity index (χ2n) is 4.36. The van der Waals surface area contributed by atoms with Crippen LogP contribution in [0.2, 0.25) is 0 Å². The van der Waals surface area contributed by atoms with E-state index in [1.54, 1.807) is 12.1 Å². The first-order valence-corrected chi connectivity index (χ1v) is 5.95. The predicted octanol–water partition coefficient (Wildman–Crippen LogP) is 0.532. The van der Waals surface area contributed by atoms with Gasteiger partial charge in [0.05, 0.1) is 19.2 Å². The minimum absolute atomic E-state index is 0.0336. The first-order valence-electron chi connectivity index (χ1n) is 5.95. The first-order chi connectivity index (χ1) is 8.93. The number of nitrogen functional groups attached to an aromatic ring is 1. The van der Waals surface area contributed by atoms with Gasteiger partial charge < -0.3 is 21.1 Å². The van der Waals surface area contributed by atoms with Gasteiger partial charge in [0, 0.05) is 11.7 Å². The summed E-state index contributed by atoms with van der Waals surface area (Å²) in [6, 6.07) is 4.79. The van der Waals surface area contributed by atoms with Crippen molar-refractivity contribution >= 4 is 17.5 Å². The van der Waals surface area contributed by atoms with E-state index in [4.69, 9.17) is 10.5 Å². The lowest BCUT2D eigenvalue weighted by Gasteiger charge is -2.11. The van der Waals surface area contributed by atoms with Gasteiger partial charge in [0.1, 0.15) is 5.75 Å². The number of amides is 2. The molecule has 4 N–H and O–H groups in total. The lowest BCUT2D eigenvalue weighted by atomic mass is 10.1. The van der Waals surface area contributed by atoms with Crippen molar-refractivity contribution in [2.75, 3.05) is 19.4 Å². The number of rotatable bonds is 5. The Bertz CT molecular complexity index is 472. The van der Waals surface area contributed by atoms with Crippen LogP contribution < -0.4 is 21.1 Å². The van der Waals surface area contributed by atoms with E-state index in [9.17, 15) is 9.59 Å². The fourth-order valence-electron chi connectivity index (χ4n) is 1.53. The van der Waals surface area contributed by atoms with Crippen molar-refractivity contribution in [1.82, 2.24) is 10.6 Å². The molecule has 0 saturated carbocycles. The van der Waals surface area contributed by atoms with E-state index in [1.807, 2.05) is 13.8 Å². The van der Waals surface area contributed by atoms with Crippen molar-refractivity contribution in [3.05, 3.63) is 23.8 Å². The number of hydrogen-bond acceptors (Lipinski definition) is 4. The Morgan fingerprint density at radius 1 is 1.37 bits per heavy atom. The van der Waals surface area contributed by atoms with E-state index in [0.29, 0.717) is 17.0 Å². The second-order valence-corrected chi connectivity index (χ2v) is 4.36. The highest BCUT2D eigenvalue weighted by Gasteiger charge is 2.13. The molecule has 104 valence electrons. The fraction of sp³-hybridized carbons (Fsp3) is 0.385. The van der Waals surface area contributed by atoms with Crippen LogP contribution in [0.3, 0.4) is 0 Å². The molecular weight excluding hydrogens is 246 g/mol. The largest absolute Gasteiger partial charge is 0.496 e. The quantitative estimate of drug-likeness (QED) is 0.677. The fourth-order valence-corrected chi connectivity index (χ4v) is 1.53. The summed E-state index contributed by atoms with van der Waals surface area (Å²) in [4.78, 5) is 23.4. The highest BCUT2D eigenvalue weighted by Crippen LogP contribution is 2.20. The van der Waals surface area contributed by atoms with Crippen LogP contribution in [0, 0.1) is 0 Å². The molecule has 0 fully saturated rings. The average Bonchev–Trinajstić information content (AvgIpc) is 2.35. The van der Waals surface area contributed by atoms with Gasteiger partial charge in [-0.15, -0.1) is 0 Å². The normalized spacial score (nSPS) is 10.1. The van der Waals surface area contributed by atoms with Crippen molar-refractivity contribution in [3.63, 3.8) is 0 Å². The Kier molecular flexibility index (Phi) is 5.17. The number of hydrogen-bond donors (Lipinski definition) is 3. The maximum Gasteiger partial charge on any atom is 0.255 e. The van der Waals surface area contributed by atoms with Gasteiger partial charge in [-0.05, 0) is 32.0 Å². The van der Waals surface area contributed by atoms with E-state index in [0.717, 1.165) is 0 Å². The molecule has 6 nitrogen and oxygen atoms in total. The number of carbonyl (C=O) groups is 2. The molecule has 0 aliphatic carbocycles. The molecule has 19 heavy (non-hydrogen) atoms. The Balaban J connectivity index is 2.68. The maximum absolute atomic E-state index is 11.9. The number of nitrogens with two attached hydrogens (primary N) is 1. The number of nitrogens with one attached hydrogen (secondary N) is 2. The van der Waals surface area contributed by atoms with E-state index in [2.05, 4.69) is 10.6 Å². The van der Waals surface area contributed by atoms with E-state index < -0.39 is 5.91 Å². The zero-order valence-corrected chi connectivity index (χ0v) is 11.3. The van der Waals surface area contributed by atoms with Crippen LogP contribution in [0.4, 0.5) is 5.69 Å². The van der Waals surface area contributed by atoms with Gasteiger partial charge in [0.2, 0.25) is 5.91 Å².